The van der Waals surface area contributed by atoms with Gasteiger partial charge in [-0.05, 0) is 26.0 Å². The van der Waals surface area contributed by atoms with Crippen molar-refractivity contribution in [3.05, 3.63) is 47.3 Å². The Labute approximate surface area is 152 Å². The summed E-state index contributed by atoms with van der Waals surface area (Å²) in [6.07, 6.45) is 0. The topological polar surface area (TPSA) is 75.5 Å². The first-order valence-corrected chi connectivity index (χ1v) is 8.61. The largest absolute Gasteiger partial charge is 0.339 e. The summed E-state index contributed by atoms with van der Waals surface area (Å²) in [4.78, 5) is 40.1. The Hall–Kier alpha value is -2.96. The number of amides is 2. The fraction of sp³-hybridized carbons (Fsp3) is 0.368. The van der Waals surface area contributed by atoms with Gasteiger partial charge in [0.1, 0.15) is 0 Å². The van der Waals surface area contributed by atoms with Crippen molar-refractivity contribution in [2.24, 2.45) is 0 Å². The molecule has 1 aliphatic rings. The van der Waals surface area contributed by atoms with Gasteiger partial charge in [-0.3, -0.25) is 14.4 Å². The monoisotopic (exact) mass is 354 g/mol. The van der Waals surface area contributed by atoms with E-state index >= 15 is 0 Å². The van der Waals surface area contributed by atoms with E-state index in [4.69, 9.17) is 0 Å². The molecule has 7 heteroatoms. The van der Waals surface area contributed by atoms with Crippen LogP contribution in [0.3, 0.4) is 0 Å². The molecule has 2 heterocycles. The van der Waals surface area contributed by atoms with Crippen LogP contribution in [0.25, 0.3) is 5.69 Å². The van der Waals surface area contributed by atoms with E-state index in [1.54, 1.807) is 23.4 Å². The van der Waals surface area contributed by atoms with Crippen molar-refractivity contribution in [3.8, 4) is 5.69 Å². The number of aromatic nitrogens is 2. The summed E-state index contributed by atoms with van der Waals surface area (Å²) in [7, 11) is 0. The van der Waals surface area contributed by atoms with Gasteiger partial charge in [0.2, 0.25) is 5.91 Å². The maximum atomic E-state index is 12.8. The van der Waals surface area contributed by atoms with Crippen molar-refractivity contribution < 1.29 is 14.4 Å². The van der Waals surface area contributed by atoms with Gasteiger partial charge >= 0.3 is 0 Å². The van der Waals surface area contributed by atoms with Crippen LogP contribution in [0, 0.1) is 13.8 Å². The lowest BCUT2D eigenvalue weighted by Gasteiger charge is -2.33. The molecule has 1 aromatic heterocycles. The molecule has 1 aromatic carbocycles. The maximum Gasteiger partial charge on any atom is 0.295 e. The number of Topliss-reactive ketones (excluding diaryl/α,β-unsaturated/α-hetero) is 1. The van der Waals surface area contributed by atoms with Crippen molar-refractivity contribution in [2.45, 2.75) is 20.8 Å². The third kappa shape index (κ3) is 3.24. The second kappa shape index (κ2) is 7.11. The van der Waals surface area contributed by atoms with Gasteiger partial charge in [-0.1, -0.05) is 18.2 Å². The highest BCUT2D eigenvalue weighted by Gasteiger charge is 2.31. The number of carbonyl (C=O) groups excluding carboxylic acids is 3. The number of ketones is 1. The number of rotatable bonds is 3. The Morgan fingerprint density at radius 3 is 2.08 bits per heavy atom. The van der Waals surface area contributed by atoms with E-state index in [0.29, 0.717) is 43.1 Å². The number of aryl methyl sites for hydroxylation is 1. The fourth-order valence-electron chi connectivity index (χ4n) is 3.27. The lowest BCUT2D eigenvalue weighted by atomic mass is 10.1. The standard InChI is InChI=1S/C19H22N4O3/c1-13-17(14(2)23(20-13)16-7-5-4-6-8-16)18(25)19(26)22-11-9-21(10-12-22)15(3)24/h4-8H,9-12H2,1-3H3. The molecule has 136 valence electrons. The van der Waals surface area contributed by atoms with Crippen molar-refractivity contribution in [3.63, 3.8) is 0 Å². The lowest BCUT2D eigenvalue weighted by molar-refractivity contribution is -0.135. The minimum atomic E-state index is -0.543. The van der Waals surface area contributed by atoms with Gasteiger partial charge in [-0.2, -0.15) is 5.10 Å². The number of benzene rings is 1. The van der Waals surface area contributed by atoms with Crippen molar-refractivity contribution >= 4 is 17.6 Å². The molecule has 0 aliphatic carbocycles. The van der Waals surface area contributed by atoms with Crippen LogP contribution in [-0.2, 0) is 9.59 Å². The van der Waals surface area contributed by atoms with Crippen molar-refractivity contribution in [1.82, 2.24) is 19.6 Å². The van der Waals surface area contributed by atoms with E-state index < -0.39 is 11.7 Å². The van der Waals surface area contributed by atoms with E-state index in [2.05, 4.69) is 5.10 Å². The van der Waals surface area contributed by atoms with Crippen LogP contribution in [0.2, 0.25) is 0 Å². The summed E-state index contributed by atoms with van der Waals surface area (Å²) >= 11 is 0. The molecule has 0 spiro atoms. The molecule has 1 saturated heterocycles. The van der Waals surface area contributed by atoms with Gasteiger partial charge in [-0.15, -0.1) is 0 Å². The predicted molar refractivity (Wildman–Crippen MR) is 96.2 cm³/mol. The van der Waals surface area contributed by atoms with E-state index in [1.165, 1.54) is 11.8 Å². The van der Waals surface area contributed by atoms with Gasteiger partial charge in [0, 0.05) is 33.1 Å². The maximum absolute atomic E-state index is 12.8. The molecule has 0 radical (unpaired) electrons. The molecule has 1 fully saturated rings. The normalized spacial score (nSPS) is 14.4. The number of carbonyl (C=O) groups is 3. The van der Waals surface area contributed by atoms with E-state index in [9.17, 15) is 14.4 Å². The van der Waals surface area contributed by atoms with Crippen LogP contribution in [0.15, 0.2) is 30.3 Å². The predicted octanol–water partition coefficient (Wildman–Crippen LogP) is 1.36. The molecule has 0 bridgehead atoms. The highest BCUT2D eigenvalue weighted by molar-refractivity contribution is 6.43. The number of para-hydroxylation sites is 1. The van der Waals surface area contributed by atoms with Gasteiger partial charge in [0.15, 0.2) is 0 Å². The van der Waals surface area contributed by atoms with E-state index in [1.807, 2.05) is 30.3 Å². The Morgan fingerprint density at radius 2 is 1.50 bits per heavy atom. The molecule has 1 aliphatic heterocycles. The zero-order chi connectivity index (χ0) is 18.8. The smallest absolute Gasteiger partial charge is 0.295 e. The third-order valence-electron chi connectivity index (χ3n) is 4.73. The average Bonchev–Trinajstić information content (AvgIpc) is 2.95. The average molecular weight is 354 g/mol. The molecular formula is C19H22N4O3. The Morgan fingerprint density at radius 1 is 0.923 bits per heavy atom. The van der Waals surface area contributed by atoms with Gasteiger partial charge < -0.3 is 9.80 Å². The summed E-state index contributed by atoms with van der Waals surface area (Å²) < 4.78 is 1.68. The Kier molecular flexibility index (Phi) is 4.88. The summed E-state index contributed by atoms with van der Waals surface area (Å²) in [5.74, 6) is -1.09. The first-order valence-electron chi connectivity index (χ1n) is 8.61. The van der Waals surface area contributed by atoms with E-state index in [0.717, 1.165) is 5.69 Å². The number of nitrogens with zero attached hydrogens (tertiary/aromatic N) is 4. The van der Waals surface area contributed by atoms with Gasteiger partial charge in [0.05, 0.1) is 22.6 Å². The summed E-state index contributed by atoms with van der Waals surface area (Å²) in [6, 6.07) is 9.50. The second-order valence-corrected chi connectivity index (χ2v) is 6.42. The van der Waals surface area contributed by atoms with Gasteiger partial charge in [0.25, 0.3) is 11.7 Å². The third-order valence-corrected chi connectivity index (χ3v) is 4.73. The minimum absolute atomic E-state index is 0.0146. The van der Waals surface area contributed by atoms with Crippen molar-refractivity contribution in [2.75, 3.05) is 26.2 Å². The minimum Gasteiger partial charge on any atom is -0.339 e. The SMILES string of the molecule is CC(=O)N1CCN(C(=O)C(=O)c2c(C)nn(-c3ccccc3)c2C)CC1. The molecule has 3 rings (SSSR count). The molecule has 7 nitrogen and oxygen atoms in total. The zero-order valence-corrected chi connectivity index (χ0v) is 15.2. The molecule has 26 heavy (non-hydrogen) atoms. The molecule has 0 atom stereocenters. The molecule has 2 amide bonds. The molecule has 0 N–H and O–H groups in total. The van der Waals surface area contributed by atoms with E-state index in [-0.39, 0.29) is 5.91 Å². The van der Waals surface area contributed by atoms with Crippen LogP contribution in [0.4, 0.5) is 0 Å². The second-order valence-electron chi connectivity index (χ2n) is 6.42. The molecular weight excluding hydrogens is 332 g/mol. The van der Waals surface area contributed by atoms with Crippen molar-refractivity contribution in [1.29, 1.82) is 0 Å². The molecule has 0 saturated carbocycles. The highest BCUT2D eigenvalue weighted by Crippen LogP contribution is 2.19. The summed E-state index contributed by atoms with van der Waals surface area (Å²) in [5.41, 5.74) is 2.38. The Balaban J connectivity index is 1.81. The lowest BCUT2D eigenvalue weighted by Crippen LogP contribution is -2.51. The fourth-order valence-corrected chi connectivity index (χ4v) is 3.27. The Bertz CT molecular complexity index is 849. The van der Waals surface area contributed by atoms with Crippen LogP contribution in [0.5, 0.6) is 0 Å². The van der Waals surface area contributed by atoms with Gasteiger partial charge in [-0.25, -0.2) is 4.68 Å². The van der Waals surface area contributed by atoms with Crippen LogP contribution < -0.4 is 0 Å². The zero-order valence-electron chi connectivity index (χ0n) is 15.2. The number of hydrogen-bond acceptors (Lipinski definition) is 4. The highest BCUT2D eigenvalue weighted by atomic mass is 16.2. The first kappa shape index (κ1) is 17.8. The number of piperazine rings is 1. The quantitative estimate of drug-likeness (QED) is 0.616. The van der Waals surface area contributed by atoms with Crippen LogP contribution in [0.1, 0.15) is 28.7 Å². The molecule has 2 aromatic rings. The first-order chi connectivity index (χ1) is 12.4. The van der Waals surface area contributed by atoms with Crippen LogP contribution in [-0.4, -0.2) is 63.4 Å². The molecule has 0 unspecified atom stereocenters. The summed E-state index contributed by atoms with van der Waals surface area (Å²) in [5, 5.41) is 4.44. The van der Waals surface area contributed by atoms with Crippen LogP contribution >= 0.6 is 0 Å². The summed E-state index contributed by atoms with van der Waals surface area (Å²) in [6.45, 7) is 6.69. The number of hydrogen-bond donors (Lipinski definition) is 0.